The van der Waals surface area contributed by atoms with Gasteiger partial charge < -0.3 is 19.5 Å². The van der Waals surface area contributed by atoms with Crippen LogP contribution in [-0.4, -0.2) is 27.2 Å². The highest BCUT2D eigenvalue weighted by Crippen LogP contribution is 2.33. The fourth-order valence-electron chi connectivity index (χ4n) is 2.99. The van der Waals surface area contributed by atoms with Crippen LogP contribution in [0.15, 0.2) is 60.2 Å². The zero-order valence-electron chi connectivity index (χ0n) is 16.4. The van der Waals surface area contributed by atoms with Crippen LogP contribution in [0.4, 0.5) is 5.69 Å². The Hall–Kier alpha value is -3.98. The Kier molecular flexibility index (Phi) is 6.00. The predicted octanol–water partition coefficient (Wildman–Crippen LogP) is 4.41. The van der Waals surface area contributed by atoms with Crippen molar-refractivity contribution in [2.24, 2.45) is 0 Å². The number of benzene rings is 3. The van der Waals surface area contributed by atoms with Gasteiger partial charge in [-0.1, -0.05) is 24.3 Å². The van der Waals surface area contributed by atoms with E-state index in [9.17, 15) is 10.1 Å². The highest BCUT2D eigenvalue weighted by molar-refractivity contribution is 6.11. The molecule has 29 heavy (non-hydrogen) atoms. The van der Waals surface area contributed by atoms with E-state index in [0.717, 1.165) is 10.8 Å². The Labute approximate surface area is 168 Å². The maximum atomic E-state index is 12.8. The fourth-order valence-corrected chi connectivity index (χ4v) is 2.99. The molecule has 0 spiro atoms. The lowest BCUT2D eigenvalue weighted by Crippen LogP contribution is -2.14. The molecule has 1 N–H and O–H groups in total. The molecule has 0 radical (unpaired) electrons. The molecule has 0 saturated carbocycles. The third-order valence-electron chi connectivity index (χ3n) is 4.46. The number of anilines is 1. The molecule has 3 aromatic carbocycles. The van der Waals surface area contributed by atoms with E-state index >= 15 is 0 Å². The predicted molar refractivity (Wildman–Crippen MR) is 112 cm³/mol. The molecule has 0 saturated heterocycles. The monoisotopic (exact) mass is 388 g/mol. The van der Waals surface area contributed by atoms with Crippen molar-refractivity contribution in [2.45, 2.75) is 0 Å². The van der Waals surface area contributed by atoms with E-state index in [4.69, 9.17) is 14.2 Å². The molecule has 1 amide bonds. The molecule has 0 aromatic heterocycles. The number of carbonyl (C=O) groups excluding carboxylic acids is 1. The summed E-state index contributed by atoms with van der Waals surface area (Å²) in [7, 11) is 4.64. The average molecular weight is 388 g/mol. The number of rotatable bonds is 6. The Bertz CT molecular complexity index is 1120. The first-order valence-corrected chi connectivity index (χ1v) is 8.82. The van der Waals surface area contributed by atoms with Gasteiger partial charge >= 0.3 is 0 Å². The number of methoxy groups -OCH3 is 3. The first-order chi connectivity index (χ1) is 14.1. The van der Waals surface area contributed by atoms with Gasteiger partial charge in [0.2, 0.25) is 0 Å². The molecule has 6 nitrogen and oxygen atoms in total. The Morgan fingerprint density at radius 1 is 0.966 bits per heavy atom. The van der Waals surface area contributed by atoms with Gasteiger partial charge in [0.05, 0.1) is 27.0 Å². The SMILES string of the molecule is COc1ccc2ccc(OC)c(/C=C(/C#N)C(=O)Nc3ccccc3OC)c2c1. The summed E-state index contributed by atoms with van der Waals surface area (Å²) >= 11 is 0. The summed E-state index contributed by atoms with van der Waals surface area (Å²) in [4.78, 5) is 12.8. The number of nitrogens with one attached hydrogen (secondary N) is 1. The number of amides is 1. The summed E-state index contributed by atoms with van der Waals surface area (Å²) in [5.74, 6) is 1.17. The normalized spacial score (nSPS) is 10.9. The third kappa shape index (κ3) is 4.14. The molecule has 3 rings (SSSR count). The summed E-state index contributed by atoms with van der Waals surface area (Å²) in [5, 5.41) is 14.1. The molecule has 0 bridgehead atoms. The summed E-state index contributed by atoms with van der Waals surface area (Å²) < 4.78 is 16.0. The fraction of sp³-hybridized carbons (Fsp3) is 0.130. The summed E-state index contributed by atoms with van der Waals surface area (Å²) in [6, 6.07) is 18.3. The van der Waals surface area contributed by atoms with E-state index in [-0.39, 0.29) is 5.57 Å². The zero-order chi connectivity index (χ0) is 20.8. The van der Waals surface area contributed by atoms with Crippen molar-refractivity contribution >= 4 is 28.4 Å². The lowest BCUT2D eigenvalue weighted by molar-refractivity contribution is -0.112. The van der Waals surface area contributed by atoms with Crippen LogP contribution < -0.4 is 19.5 Å². The maximum Gasteiger partial charge on any atom is 0.266 e. The number of para-hydroxylation sites is 2. The van der Waals surface area contributed by atoms with Gasteiger partial charge in [0.15, 0.2) is 0 Å². The second-order valence-corrected chi connectivity index (χ2v) is 6.09. The number of nitriles is 1. The van der Waals surface area contributed by atoms with Crippen LogP contribution in [0, 0.1) is 11.3 Å². The van der Waals surface area contributed by atoms with Gasteiger partial charge in [-0.2, -0.15) is 5.26 Å². The smallest absolute Gasteiger partial charge is 0.266 e. The second-order valence-electron chi connectivity index (χ2n) is 6.09. The topological polar surface area (TPSA) is 80.6 Å². The number of ether oxygens (including phenoxy) is 3. The minimum atomic E-state index is -0.543. The van der Waals surface area contributed by atoms with Crippen LogP contribution in [0.25, 0.3) is 16.8 Å². The molecule has 0 heterocycles. The van der Waals surface area contributed by atoms with Gasteiger partial charge in [-0.3, -0.25) is 4.79 Å². The number of hydrogen-bond acceptors (Lipinski definition) is 5. The number of hydrogen-bond donors (Lipinski definition) is 1. The van der Waals surface area contributed by atoms with Gasteiger partial charge in [0.1, 0.15) is 28.9 Å². The first-order valence-electron chi connectivity index (χ1n) is 8.82. The average Bonchev–Trinajstić information content (AvgIpc) is 2.77. The van der Waals surface area contributed by atoms with Crippen molar-refractivity contribution in [3.05, 3.63) is 65.7 Å². The van der Waals surface area contributed by atoms with Crippen molar-refractivity contribution < 1.29 is 19.0 Å². The zero-order valence-corrected chi connectivity index (χ0v) is 16.4. The van der Waals surface area contributed by atoms with Crippen LogP contribution >= 0.6 is 0 Å². The molecule has 0 atom stereocenters. The lowest BCUT2D eigenvalue weighted by Gasteiger charge is -2.12. The van der Waals surface area contributed by atoms with Crippen LogP contribution in [0.3, 0.4) is 0 Å². The minimum absolute atomic E-state index is 0.0653. The summed E-state index contributed by atoms with van der Waals surface area (Å²) in [6.07, 6.45) is 1.52. The van der Waals surface area contributed by atoms with E-state index < -0.39 is 5.91 Å². The lowest BCUT2D eigenvalue weighted by atomic mass is 10.0. The summed E-state index contributed by atoms with van der Waals surface area (Å²) in [5.41, 5.74) is 1.04. The molecule has 3 aromatic rings. The summed E-state index contributed by atoms with van der Waals surface area (Å²) in [6.45, 7) is 0. The molecule has 0 aliphatic heterocycles. The Balaban J connectivity index is 2.07. The molecule has 0 unspecified atom stereocenters. The van der Waals surface area contributed by atoms with Gasteiger partial charge in [-0.05, 0) is 47.2 Å². The minimum Gasteiger partial charge on any atom is -0.497 e. The standard InChI is InChI=1S/C23H20N2O4/c1-27-17-10-8-15-9-11-21(28-2)19(18(15)13-17)12-16(14-24)23(26)25-20-6-4-5-7-22(20)29-3/h4-13H,1-3H3,(H,25,26)/b16-12-. The molecular formula is C23H20N2O4. The van der Waals surface area contributed by atoms with E-state index in [0.29, 0.717) is 28.5 Å². The second kappa shape index (κ2) is 8.81. The quantitative estimate of drug-likeness (QED) is 0.500. The third-order valence-corrected chi connectivity index (χ3v) is 4.46. The van der Waals surface area contributed by atoms with Crippen LogP contribution in [0.2, 0.25) is 0 Å². The molecule has 6 heteroatoms. The largest absolute Gasteiger partial charge is 0.497 e. The van der Waals surface area contributed by atoms with E-state index in [1.54, 1.807) is 44.6 Å². The van der Waals surface area contributed by atoms with Gasteiger partial charge in [-0.15, -0.1) is 0 Å². The molecule has 0 fully saturated rings. The Morgan fingerprint density at radius 3 is 2.38 bits per heavy atom. The van der Waals surface area contributed by atoms with Gasteiger partial charge in [0, 0.05) is 5.56 Å². The van der Waals surface area contributed by atoms with Crippen molar-refractivity contribution in [3.63, 3.8) is 0 Å². The van der Waals surface area contributed by atoms with Crippen LogP contribution in [0.1, 0.15) is 5.56 Å². The Morgan fingerprint density at radius 2 is 1.69 bits per heavy atom. The van der Waals surface area contributed by atoms with Crippen LogP contribution in [0.5, 0.6) is 17.2 Å². The van der Waals surface area contributed by atoms with E-state index in [1.807, 2.05) is 30.3 Å². The highest BCUT2D eigenvalue weighted by Gasteiger charge is 2.15. The van der Waals surface area contributed by atoms with Crippen molar-refractivity contribution in [1.29, 1.82) is 5.26 Å². The van der Waals surface area contributed by atoms with Crippen molar-refractivity contribution in [3.8, 4) is 23.3 Å². The first kappa shape index (κ1) is 19.8. The van der Waals surface area contributed by atoms with E-state index in [2.05, 4.69) is 5.32 Å². The number of nitrogens with zero attached hydrogens (tertiary/aromatic N) is 1. The van der Waals surface area contributed by atoms with E-state index in [1.165, 1.54) is 13.2 Å². The van der Waals surface area contributed by atoms with Crippen molar-refractivity contribution in [2.75, 3.05) is 26.6 Å². The maximum absolute atomic E-state index is 12.8. The highest BCUT2D eigenvalue weighted by atomic mass is 16.5. The molecule has 0 aliphatic carbocycles. The molecule has 146 valence electrons. The molecular weight excluding hydrogens is 368 g/mol. The van der Waals surface area contributed by atoms with Gasteiger partial charge in [0.25, 0.3) is 5.91 Å². The van der Waals surface area contributed by atoms with Crippen molar-refractivity contribution in [1.82, 2.24) is 0 Å². The number of carbonyl (C=O) groups is 1. The molecule has 0 aliphatic rings. The van der Waals surface area contributed by atoms with Gasteiger partial charge in [-0.25, -0.2) is 0 Å². The van der Waals surface area contributed by atoms with Crippen LogP contribution in [-0.2, 0) is 4.79 Å². The number of fused-ring (bicyclic) bond motifs is 1.